The van der Waals surface area contributed by atoms with E-state index in [4.69, 9.17) is 13.3 Å². The molecule has 0 saturated heterocycles. The maximum Gasteiger partial charge on any atom is 0.500 e. The van der Waals surface area contributed by atoms with Crippen molar-refractivity contribution < 1.29 is 13.3 Å². The third kappa shape index (κ3) is 5.70. The lowest BCUT2D eigenvalue weighted by Crippen LogP contribution is -2.43. The predicted octanol–water partition coefficient (Wildman–Crippen LogP) is 3.44. The fourth-order valence-electron chi connectivity index (χ4n) is 1.98. The molecular weight excluding hydrogens is 256 g/mol. The van der Waals surface area contributed by atoms with Crippen LogP contribution in [0, 0.1) is 0 Å². The zero-order valence-electron chi connectivity index (χ0n) is 11.9. The molecule has 0 aliphatic rings. The number of benzene rings is 1. The Morgan fingerprint density at radius 2 is 1.79 bits per heavy atom. The molecule has 0 heterocycles. The lowest BCUT2D eigenvalue weighted by Gasteiger charge is -2.25. The van der Waals surface area contributed by atoms with Crippen molar-refractivity contribution in [1.29, 1.82) is 0 Å². The molecule has 0 unspecified atom stereocenters. The number of unbranched alkanes of at least 4 members (excludes halogenated alkanes) is 1. The average molecular weight is 280 g/mol. The minimum absolute atomic E-state index is 0.479. The van der Waals surface area contributed by atoms with Gasteiger partial charge in [-0.2, -0.15) is 0 Å². The van der Waals surface area contributed by atoms with E-state index >= 15 is 0 Å². The van der Waals surface area contributed by atoms with Crippen molar-refractivity contribution in [2.75, 3.05) is 20.8 Å². The average Bonchev–Trinajstić information content (AvgIpc) is 2.48. The van der Waals surface area contributed by atoms with Gasteiger partial charge in [0.1, 0.15) is 0 Å². The van der Waals surface area contributed by atoms with Gasteiger partial charge >= 0.3 is 8.80 Å². The van der Waals surface area contributed by atoms with E-state index < -0.39 is 8.80 Å². The predicted molar refractivity (Wildman–Crippen MR) is 80.1 cm³/mol. The fourth-order valence-corrected chi connectivity index (χ4v) is 3.99. The molecule has 0 spiro atoms. The zero-order valence-corrected chi connectivity index (χ0v) is 12.9. The normalized spacial score (nSPS) is 11.5. The van der Waals surface area contributed by atoms with Crippen LogP contribution in [0.3, 0.4) is 0 Å². The molecule has 0 N–H and O–H groups in total. The van der Waals surface area contributed by atoms with Gasteiger partial charge in [0.15, 0.2) is 0 Å². The van der Waals surface area contributed by atoms with Gasteiger partial charge in [-0.1, -0.05) is 36.4 Å². The third-order valence-electron chi connectivity index (χ3n) is 3.08. The van der Waals surface area contributed by atoms with Crippen LogP contribution in [-0.2, 0) is 19.7 Å². The molecule has 0 aromatic heterocycles. The maximum absolute atomic E-state index is 5.71. The summed E-state index contributed by atoms with van der Waals surface area (Å²) in [7, 11) is 0.852. The van der Waals surface area contributed by atoms with Crippen LogP contribution in [0.1, 0.15) is 18.4 Å². The van der Waals surface area contributed by atoms with Gasteiger partial charge in [-0.3, -0.25) is 0 Å². The molecule has 0 atom stereocenters. The van der Waals surface area contributed by atoms with Crippen molar-refractivity contribution in [3.63, 3.8) is 0 Å². The molecule has 0 fully saturated rings. The lowest BCUT2D eigenvalue weighted by atomic mass is 10.1. The summed E-state index contributed by atoms with van der Waals surface area (Å²) < 4.78 is 16.7. The van der Waals surface area contributed by atoms with Crippen LogP contribution in [0.4, 0.5) is 0 Å². The Labute approximate surface area is 117 Å². The van der Waals surface area contributed by atoms with Crippen LogP contribution in [-0.4, -0.2) is 29.6 Å². The topological polar surface area (TPSA) is 27.7 Å². The number of rotatable bonds is 10. The first kappa shape index (κ1) is 16.1. The van der Waals surface area contributed by atoms with Gasteiger partial charge in [0.05, 0.1) is 6.61 Å². The van der Waals surface area contributed by atoms with Crippen molar-refractivity contribution in [3.8, 4) is 0 Å². The van der Waals surface area contributed by atoms with Crippen LogP contribution < -0.4 is 0 Å². The highest BCUT2D eigenvalue weighted by Crippen LogP contribution is 2.18. The summed E-state index contributed by atoms with van der Waals surface area (Å²) in [6.07, 6.45) is 4.97. The van der Waals surface area contributed by atoms with Crippen LogP contribution >= 0.6 is 0 Å². The Bertz CT molecular complexity index is 350. The summed E-state index contributed by atoms with van der Waals surface area (Å²) in [5.74, 6) is 0. The van der Waals surface area contributed by atoms with Crippen molar-refractivity contribution >= 4 is 8.80 Å². The Morgan fingerprint density at radius 3 is 2.37 bits per heavy atom. The van der Waals surface area contributed by atoms with E-state index in [1.165, 1.54) is 5.56 Å². The van der Waals surface area contributed by atoms with Gasteiger partial charge in [-0.05, 0) is 24.8 Å². The van der Waals surface area contributed by atoms with Crippen LogP contribution in [0.5, 0.6) is 0 Å². The smallest absolute Gasteiger partial charge is 0.377 e. The van der Waals surface area contributed by atoms with E-state index in [1.54, 1.807) is 20.3 Å². The molecule has 0 amide bonds. The third-order valence-corrected chi connectivity index (χ3v) is 5.90. The standard InChI is InChI=1S/C15H24O3Si/c1-4-13-18-19(16-2,17-3)14-9-8-12-15-10-6-5-7-11-15/h4-7,10-11H,1,8-9,12-14H2,2-3H3. The van der Waals surface area contributed by atoms with E-state index in [-0.39, 0.29) is 0 Å². The lowest BCUT2D eigenvalue weighted by molar-refractivity contribution is 0.109. The monoisotopic (exact) mass is 280 g/mol. The van der Waals surface area contributed by atoms with E-state index in [9.17, 15) is 0 Å². The van der Waals surface area contributed by atoms with Gasteiger partial charge < -0.3 is 13.3 Å². The van der Waals surface area contributed by atoms with Crippen LogP contribution in [0.15, 0.2) is 43.0 Å². The minimum Gasteiger partial charge on any atom is -0.377 e. The van der Waals surface area contributed by atoms with Gasteiger partial charge in [-0.25, -0.2) is 0 Å². The first-order chi connectivity index (χ1) is 9.26. The number of hydrogen-bond acceptors (Lipinski definition) is 3. The first-order valence-corrected chi connectivity index (χ1v) is 8.58. The molecule has 19 heavy (non-hydrogen) atoms. The summed E-state index contributed by atoms with van der Waals surface area (Å²) in [6, 6.07) is 11.4. The van der Waals surface area contributed by atoms with E-state index in [0.29, 0.717) is 6.61 Å². The Morgan fingerprint density at radius 1 is 1.11 bits per heavy atom. The summed E-state index contributed by atoms with van der Waals surface area (Å²) >= 11 is 0. The molecule has 106 valence electrons. The molecule has 0 aliphatic carbocycles. The van der Waals surface area contributed by atoms with Crippen LogP contribution in [0.25, 0.3) is 0 Å². The van der Waals surface area contributed by atoms with Gasteiger partial charge in [0.2, 0.25) is 0 Å². The highest BCUT2D eigenvalue weighted by atomic mass is 28.4. The maximum atomic E-state index is 5.71. The summed E-state index contributed by atoms with van der Waals surface area (Å²) in [4.78, 5) is 0. The molecule has 0 radical (unpaired) electrons. The highest BCUT2D eigenvalue weighted by Gasteiger charge is 2.37. The fraction of sp³-hybridized carbons (Fsp3) is 0.467. The minimum atomic E-state index is -2.47. The van der Waals surface area contributed by atoms with E-state index in [0.717, 1.165) is 25.3 Å². The van der Waals surface area contributed by atoms with Crippen molar-refractivity contribution in [2.24, 2.45) is 0 Å². The molecule has 3 nitrogen and oxygen atoms in total. The van der Waals surface area contributed by atoms with Crippen molar-refractivity contribution in [2.45, 2.75) is 25.3 Å². The largest absolute Gasteiger partial charge is 0.500 e. The second-order valence-electron chi connectivity index (χ2n) is 4.38. The molecule has 1 aromatic carbocycles. The Kier molecular flexibility index (Phi) is 7.67. The quantitative estimate of drug-likeness (QED) is 0.373. The molecule has 0 saturated carbocycles. The molecule has 0 bridgehead atoms. The highest BCUT2D eigenvalue weighted by molar-refractivity contribution is 6.60. The molecular formula is C15H24O3Si. The van der Waals surface area contributed by atoms with E-state index in [1.807, 2.05) is 6.07 Å². The SMILES string of the molecule is C=CCO[Si](CCCCc1ccccc1)(OC)OC. The second kappa shape index (κ2) is 9.04. The molecule has 0 aliphatic heterocycles. The Hall–Kier alpha value is -0.943. The molecule has 1 rings (SSSR count). The van der Waals surface area contributed by atoms with Crippen molar-refractivity contribution in [3.05, 3.63) is 48.6 Å². The zero-order chi connectivity index (χ0) is 14.0. The number of aryl methyl sites for hydroxylation is 1. The van der Waals surface area contributed by atoms with Gasteiger partial charge in [0, 0.05) is 20.3 Å². The summed E-state index contributed by atoms with van der Waals surface area (Å²) in [5, 5.41) is 0. The molecule has 4 heteroatoms. The number of hydrogen-bond donors (Lipinski definition) is 0. The molecule has 1 aromatic rings. The first-order valence-electron chi connectivity index (χ1n) is 6.65. The van der Waals surface area contributed by atoms with Gasteiger partial charge in [-0.15, -0.1) is 6.58 Å². The van der Waals surface area contributed by atoms with Crippen molar-refractivity contribution in [1.82, 2.24) is 0 Å². The second-order valence-corrected chi connectivity index (χ2v) is 7.35. The summed E-state index contributed by atoms with van der Waals surface area (Å²) in [5.41, 5.74) is 1.37. The Balaban J connectivity index is 2.33. The van der Waals surface area contributed by atoms with Gasteiger partial charge in [0.25, 0.3) is 0 Å². The van der Waals surface area contributed by atoms with E-state index in [2.05, 4.69) is 30.8 Å². The van der Waals surface area contributed by atoms with Crippen LogP contribution in [0.2, 0.25) is 6.04 Å². The summed E-state index contributed by atoms with van der Waals surface area (Å²) in [6.45, 7) is 4.13.